The van der Waals surface area contributed by atoms with E-state index in [1.807, 2.05) is 13.0 Å². The Balaban J connectivity index is 1.69. The molecule has 1 heterocycles. The molecule has 9 nitrogen and oxygen atoms in total. The molecule has 10 heteroatoms. The van der Waals surface area contributed by atoms with Gasteiger partial charge in [0.25, 0.3) is 10.0 Å². The van der Waals surface area contributed by atoms with Gasteiger partial charge in [0.1, 0.15) is 6.54 Å². The topological polar surface area (TPSA) is 124 Å². The number of carboxylic acid groups (broad SMARTS) is 1. The average molecular weight is 522 g/mol. The van der Waals surface area contributed by atoms with E-state index in [1.54, 1.807) is 36.4 Å². The number of aryl methyl sites for hydroxylation is 1. The summed E-state index contributed by atoms with van der Waals surface area (Å²) in [7, 11) is -4.18. The van der Waals surface area contributed by atoms with E-state index in [0.29, 0.717) is 24.2 Å². The minimum Gasteiger partial charge on any atom is -0.478 e. The third kappa shape index (κ3) is 5.49. The predicted molar refractivity (Wildman–Crippen MR) is 139 cm³/mol. The van der Waals surface area contributed by atoms with Gasteiger partial charge in [-0.15, -0.1) is 0 Å². The first kappa shape index (κ1) is 25.9. The molecule has 1 aliphatic heterocycles. The molecule has 0 unspecified atom stereocenters. The highest BCUT2D eigenvalue weighted by Crippen LogP contribution is 2.40. The van der Waals surface area contributed by atoms with E-state index in [9.17, 15) is 27.9 Å². The van der Waals surface area contributed by atoms with Crippen molar-refractivity contribution in [1.29, 1.82) is 0 Å². The number of carbonyl (C=O) groups excluding carboxylic acids is 2. The van der Waals surface area contributed by atoms with Crippen LogP contribution < -0.4 is 14.5 Å². The highest BCUT2D eigenvalue weighted by molar-refractivity contribution is 7.92. The Hall–Kier alpha value is -4.18. The van der Waals surface area contributed by atoms with Crippen molar-refractivity contribution >= 4 is 39.2 Å². The smallest absolute Gasteiger partial charge is 0.335 e. The Bertz CT molecular complexity index is 1470. The molecule has 3 aromatic carbocycles. The summed E-state index contributed by atoms with van der Waals surface area (Å²) in [5, 5.41) is 11.9. The molecule has 0 spiro atoms. The maximum absolute atomic E-state index is 13.8. The lowest BCUT2D eigenvalue weighted by atomic mass is 10.1. The maximum Gasteiger partial charge on any atom is 0.335 e. The fraction of sp³-hybridized carbons (Fsp3) is 0.222. The first-order valence-electron chi connectivity index (χ1n) is 11.7. The van der Waals surface area contributed by atoms with Crippen LogP contribution in [0.1, 0.15) is 34.0 Å². The number of anilines is 2. The van der Waals surface area contributed by atoms with E-state index in [1.165, 1.54) is 36.1 Å². The summed E-state index contributed by atoms with van der Waals surface area (Å²) in [6, 6.07) is 17.6. The van der Waals surface area contributed by atoms with Gasteiger partial charge in [-0.2, -0.15) is 0 Å². The minimum atomic E-state index is -4.18. The molecule has 0 bridgehead atoms. The number of rotatable bonds is 8. The number of fused-ring (bicyclic) bond motifs is 1. The van der Waals surface area contributed by atoms with E-state index in [0.717, 1.165) is 15.4 Å². The van der Waals surface area contributed by atoms with E-state index in [-0.39, 0.29) is 28.6 Å². The first-order valence-corrected chi connectivity index (χ1v) is 13.1. The molecule has 2 amide bonds. The monoisotopic (exact) mass is 521 g/mol. The quantitative estimate of drug-likeness (QED) is 0.469. The number of carbonyl (C=O) groups is 3. The molecule has 0 radical (unpaired) electrons. The zero-order chi connectivity index (χ0) is 26.7. The molecule has 0 saturated heterocycles. The highest BCUT2D eigenvalue weighted by Gasteiger charge is 2.34. The lowest BCUT2D eigenvalue weighted by molar-refractivity contribution is -0.119. The molecule has 4 rings (SSSR count). The molecule has 0 aromatic heterocycles. The van der Waals surface area contributed by atoms with Gasteiger partial charge in [0.2, 0.25) is 11.8 Å². The second-order valence-electron chi connectivity index (χ2n) is 8.81. The molecular formula is C27H27N3O6S. The summed E-state index contributed by atoms with van der Waals surface area (Å²) in [6.45, 7) is 3.17. The predicted octanol–water partition coefficient (Wildman–Crippen LogP) is 3.11. The Labute approximate surface area is 215 Å². The van der Waals surface area contributed by atoms with Gasteiger partial charge in [0.05, 0.1) is 21.8 Å². The molecular weight excluding hydrogens is 494 g/mol. The van der Waals surface area contributed by atoms with Crippen LogP contribution in [0, 0.1) is 6.92 Å². The van der Waals surface area contributed by atoms with Gasteiger partial charge in [0, 0.05) is 20.0 Å². The van der Waals surface area contributed by atoms with Crippen LogP contribution in [0.2, 0.25) is 0 Å². The van der Waals surface area contributed by atoms with Crippen LogP contribution in [0.4, 0.5) is 11.4 Å². The number of hydrogen-bond acceptors (Lipinski definition) is 5. The molecule has 3 aromatic rings. The minimum absolute atomic E-state index is 0.0186. The van der Waals surface area contributed by atoms with Crippen molar-refractivity contribution in [2.24, 2.45) is 0 Å². The number of benzene rings is 3. The van der Waals surface area contributed by atoms with Gasteiger partial charge >= 0.3 is 5.97 Å². The van der Waals surface area contributed by atoms with Crippen LogP contribution in [-0.4, -0.2) is 44.4 Å². The van der Waals surface area contributed by atoms with Crippen molar-refractivity contribution in [2.75, 3.05) is 22.3 Å². The van der Waals surface area contributed by atoms with Crippen molar-refractivity contribution in [2.45, 2.75) is 31.7 Å². The number of sulfonamides is 1. The zero-order valence-electron chi connectivity index (χ0n) is 20.5. The summed E-state index contributed by atoms with van der Waals surface area (Å²) in [4.78, 5) is 38.2. The summed E-state index contributed by atoms with van der Waals surface area (Å²) in [5.41, 5.74) is 3.07. The third-order valence-electron chi connectivity index (χ3n) is 6.18. The second-order valence-corrected chi connectivity index (χ2v) is 10.7. The van der Waals surface area contributed by atoms with E-state index >= 15 is 0 Å². The molecule has 0 saturated carbocycles. The normalized spacial score (nSPS) is 12.6. The van der Waals surface area contributed by atoms with Gasteiger partial charge in [-0.05, 0) is 54.8 Å². The van der Waals surface area contributed by atoms with Crippen LogP contribution in [0.3, 0.4) is 0 Å². The maximum atomic E-state index is 13.8. The molecule has 2 N–H and O–H groups in total. The van der Waals surface area contributed by atoms with Gasteiger partial charge in [0.15, 0.2) is 0 Å². The van der Waals surface area contributed by atoms with Crippen molar-refractivity contribution < 1.29 is 27.9 Å². The van der Waals surface area contributed by atoms with Gasteiger partial charge in [-0.1, -0.05) is 42.0 Å². The van der Waals surface area contributed by atoms with Crippen LogP contribution in [0.25, 0.3) is 0 Å². The van der Waals surface area contributed by atoms with Crippen LogP contribution in [-0.2, 0) is 32.6 Å². The van der Waals surface area contributed by atoms with E-state index < -0.39 is 28.4 Å². The summed E-state index contributed by atoms with van der Waals surface area (Å²) in [5.74, 6) is -1.89. The SMILES string of the molecule is CC(=O)N1CCc2cccc(N(CC(=O)NCc3cccc(C(=O)O)c3)S(=O)(=O)c3ccc(C)cc3)c21. The molecule has 0 aliphatic carbocycles. The summed E-state index contributed by atoms with van der Waals surface area (Å²) in [6.07, 6.45) is 0.577. The van der Waals surface area contributed by atoms with E-state index in [4.69, 9.17) is 0 Å². The molecule has 0 fully saturated rings. The van der Waals surface area contributed by atoms with Crippen molar-refractivity contribution in [3.8, 4) is 0 Å². The van der Waals surface area contributed by atoms with Gasteiger partial charge in [-0.25, -0.2) is 13.2 Å². The lowest BCUT2D eigenvalue weighted by Crippen LogP contribution is -2.41. The lowest BCUT2D eigenvalue weighted by Gasteiger charge is -2.28. The van der Waals surface area contributed by atoms with Crippen LogP contribution in [0.15, 0.2) is 71.6 Å². The fourth-order valence-corrected chi connectivity index (χ4v) is 5.72. The van der Waals surface area contributed by atoms with Crippen LogP contribution >= 0.6 is 0 Å². The largest absolute Gasteiger partial charge is 0.478 e. The number of amides is 2. The summed E-state index contributed by atoms with van der Waals surface area (Å²) < 4.78 is 28.7. The Morgan fingerprint density at radius 2 is 1.73 bits per heavy atom. The number of para-hydroxylation sites is 1. The molecule has 1 aliphatic rings. The third-order valence-corrected chi connectivity index (χ3v) is 7.96. The number of nitrogens with zero attached hydrogens (tertiary/aromatic N) is 2. The second kappa shape index (κ2) is 10.4. The number of carboxylic acids is 1. The Kier molecular flexibility index (Phi) is 7.30. The van der Waals surface area contributed by atoms with Gasteiger partial charge in [-0.3, -0.25) is 13.9 Å². The highest BCUT2D eigenvalue weighted by atomic mass is 32.2. The molecule has 0 atom stereocenters. The number of aromatic carboxylic acids is 1. The Morgan fingerprint density at radius 1 is 1.03 bits per heavy atom. The van der Waals surface area contributed by atoms with E-state index in [2.05, 4.69) is 5.32 Å². The van der Waals surface area contributed by atoms with Crippen molar-refractivity contribution in [3.63, 3.8) is 0 Å². The zero-order valence-corrected chi connectivity index (χ0v) is 21.3. The fourth-order valence-electron chi connectivity index (χ4n) is 4.29. The summed E-state index contributed by atoms with van der Waals surface area (Å²) >= 11 is 0. The Morgan fingerprint density at radius 3 is 2.41 bits per heavy atom. The number of nitrogens with one attached hydrogen (secondary N) is 1. The van der Waals surface area contributed by atoms with Crippen LogP contribution in [0.5, 0.6) is 0 Å². The molecule has 37 heavy (non-hydrogen) atoms. The number of hydrogen-bond donors (Lipinski definition) is 2. The standard InChI is InChI=1S/C27H27N3O6S/c1-18-9-11-23(12-10-18)37(35,36)30(24-8-4-6-21-13-14-29(19(2)31)26(21)24)17-25(32)28-16-20-5-3-7-22(15-20)27(33)34/h3-12,15H,13-14,16-17H2,1-2H3,(H,28,32)(H,33,34). The van der Waals surface area contributed by atoms with Crippen molar-refractivity contribution in [3.05, 3.63) is 89.0 Å². The van der Waals surface area contributed by atoms with Crippen molar-refractivity contribution in [1.82, 2.24) is 5.32 Å². The molecule has 192 valence electrons. The average Bonchev–Trinajstić information content (AvgIpc) is 3.31. The first-order chi connectivity index (χ1) is 17.6. The van der Waals surface area contributed by atoms with Gasteiger partial charge < -0.3 is 15.3 Å².